The van der Waals surface area contributed by atoms with Crippen molar-refractivity contribution < 1.29 is 17.9 Å². The number of urea groups is 1. The molecule has 2 amide bonds. The van der Waals surface area contributed by atoms with E-state index in [0.717, 1.165) is 11.3 Å². The molecule has 1 aliphatic rings. The highest BCUT2D eigenvalue weighted by Gasteiger charge is 2.29. The Kier molecular flexibility index (Phi) is 6.75. The van der Waals surface area contributed by atoms with Crippen LogP contribution in [-0.2, 0) is 23.5 Å². The first-order valence-corrected chi connectivity index (χ1v) is 11.0. The summed E-state index contributed by atoms with van der Waals surface area (Å²) < 4.78 is 33.5. The Bertz CT molecular complexity index is 926. The lowest BCUT2D eigenvalue weighted by molar-refractivity contribution is 0.200. The van der Waals surface area contributed by atoms with E-state index in [2.05, 4.69) is 10.4 Å². The SMILES string of the molecule is COc1ccc(CCNC(=O)N2CCCN(S(=O)(=O)c3cnn(C)c3)CC2)cc1. The Labute approximate surface area is 171 Å². The number of sulfonamides is 1. The fourth-order valence-corrected chi connectivity index (χ4v) is 4.69. The van der Waals surface area contributed by atoms with Crippen LogP contribution in [0.1, 0.15) is 12.0 Å². The van der Waals surface area contributed by atoms with Gasteiger partial charge in [-0.25, -0.2) is 13.2 Å². The van der Waals surface area contributed by atoms with Crippen LogP contribution in [0.4, 0.5) is 4.79 Å². The van der Waals surface area contributed by atoms with E-state index in [9.17, 15) is 13.2 Å². The third-order valence-electron chi connectivity index (χ3n) is 4.91. The van der Waals surface area contributed by atoms with Crippen molar-refractivity contribution in [1.29, 1.82) is 0 Å². The Hall–Kier alpha value is -2.59. The van der Waals surface area contributed by atoms with Crippen molar-refractivity contribution in [1.82, 2.24) is 24.3 Å². The van der Waals surface area contributed by atoms with Crippen molar-refractivity contribution >= 4 is 16.1 Å². The van der Waals surface area contributed by atoms with E-state index < -0.39 is 10.0 Å². The molecule has 0 aliphatic carbocycles. The molecule has 0 saturated carbocycles. The number of nitrogens with zero attached hydrogens (tertiary/aromatic N) is 4. The molecule has 1 aromatic heterocycles. The van der Waals surface area contributed by atoms with Crippen LogP contribution in [0.15, 0.2) is 41.6 Å². The fourth-order valence-electron chi connectivity index (χ4n) is 3.24. The Balaban J connectivity index is 1.50. The maximum atomic E-state index is 12.7. The lowest BCUT2D eigenvalue weighted by Gasteiger charge is -2.22. The molecule has 9 nitrogen and oxygen atoms in total. The normalized spacial score (nSPS) is 15.7. The number of ether oxygens (including phenoxy) is 1. The van der Waals surface area contributed by atoms with Gasteiger partial charge in [0.05, 0.1) is 13.3 Å². The number of hydrogen-bond donors (Lipinski definition) is 1. The van der Waals surface area contributed by atoms with Crippen molar-refractivity contribution in [2.75, 3.05) is 39.8 Å². The van der Waals surface area contributed by atoms with Crippen LogP contribution in [0.2, 0.25) is 0 Å². The molecule has 1 saturated heterocycles. The zero-order valence-corrected chi connectivity index (χ0v) is 17.6. The van der Waals surface area contributed by atoms with Gasteiger partial charge in [-0.05, 0) is 30.5 Å². The highest BCUT2D eigenvalue weighted by molar-refractivity contribution is 7.89. The minimum atomic E-state index is -3.59. The Morgan fingerprint density at radius 1 is 1.17 bits per heavy atom. The number of methoxy groups -OCH3 is 1. The van der Waals surface area contributed by atoms with Crippen LogP contribution in [0, 0.1) is 0 Å². The van der Waals surface area contributed by atoms with Gasteiger partial charge < -0.3 is 15.0 Å². The molecule has 2 heterocycles. The van der Waals surface area contributed by atoms with Gasteiger partial charge in [-0.1, -0.05) is 12.1 Å². The standard InChI is InChI=1S/C19H27N5O4S/c1-22-15-18(14-21-22)29(26,27)24-11-3-10-23(12-13-24)19(25)20-9-8-16-4-6-17(28-2)7-5-16/h4-7,14-15H,3,8-13H2,1-2H3,(H,20,25). The molecule has 2 aromatic rings. The zero-order valence-electron chi connectivity index (χ0n) is 16.7. The second-order valence-corrected chi connectivity index (χ2v) is 8.86. The largest absolute Gasteiger partial charge is 0.497 e. The average molecular weight is 422 g/mol. The summed E-state index contributed by atoms with van der Waals surface area (Å²) in [6.07, 6.45) is 4.14. The zero-order chi connectivity index (χ0) is 20.9. The topological polar surface area (TPSA) is 96.8 Å². The van der Waals surface area contributed by atoms with Crippen LogP contribution in [0.25, 0.3) is 0 Å². The number of carbonyl (C=O) groups excluding carboxylic acids is 1. The highest BCUT2D eigenvalue weighted by Crippen LogP contribution is 2.17. The Morgan fingerprint density at radius 2 is 1.93 bits per heavy atom. The summed E-state index contributed by atoms with van der Waals surface area (Å²) in [7, 11) is -0.286. The first-order chi connectivity index (χ1) is 13.9. The van der Waals surface area contributed by atoms with Crippen molar-refractivity contribution in [2.24, 2.45) is 7.05 Å². The molecule has 1 N–H and O–H groups in total. The third-order valence-corrected chi connectivity index (χ3v) is 6.76. The monoisotopic (exact) mass is 421 g/mol. The highest BCUT2D eigenvalue weighted by atomic mass is 32.2. The number of nitrogens with one attached hydrogen (secondary N) is 1. The molecule has 158 valence electrons. The van der Waals surface area contributed by atoms with Crippen LogP contribution in [0.3, 0.4) is 0 Å². The van der Waals surface area contributed by atoms with E-state index >= 15 is 0 Å². The summed E-state index contributed by atoms with van der Waals surface area (Å²) in [4.78, 5) is 14.3. The minimum Gasteiger partial charge on any atom is -0.497 e. The van der Waals surface area contributed by atoms with Crippen molar-refractivity contribution in [2.45, 2.75) is 17.7 Å². The molecule has 0 unspecified atom stereocenters. The number of carbonyl (C=O) groups is 1. The van der Waals surface area contributed by atoms with Crippen LogP contribution in [-0.4, -0.2) is 73.3 Å². The van der Waals surface area contributed by atoms with E-state index in [-0.39, 0.29) is 17.5 Å². The van der Waals surface area contributed by atoms with Gasteiger partial charge in [0.1, 0.15) is 10.6 Å². The van der Waals surface area contributed by atoms with Crippen LogP contribution < -0.4 is 10.1 Å². The third kappa shape index (κ3) is 5.27. The fraction of sp³-hybridized carbons (Fsp3) is 0.474. The van der Waals surface area contributed by atoms with E-state index in [0.29, 0.717) is 39.0 Å². The first kappa shape index (κ1) is 21.1. The maximum Gasteiger partial charge on any atom is 0.317 e. The molecule has 0 bridgehead atoms. The van der Waals surface area contributed by atoms with Gasteiger partial charge in [-0.2, -0.15) is 9.40 Å². The number of aromatic nitrogens is 2. The molecule has 10 heteroatoms. The number of aryl methyl sites for hydroxylation is 1. The summed E-state index contributed by atoms with van der Waals surface area (Å²) in [6, 6.07) is 7.56. The maximum absolute atomic E-state index is 12.7. The van der Waals surface area contributed by atoms with Crippen molar-refractivity contribution in [3.05, 3.63) is 42.2 Å². The summed E-state index contributed by atoms with van der Waals surface area (Å²) >= 11 is 0. The predicted molar refractivity (Wildman–Crippen MR) is 108 cm³/mol. The number of benzene rings is 1. The Morgan fingerprint density at radius 3 is 2.59 bits per heavy atom. The van der Waals surface area contributed by atoms with Gasteiger partial charge in [0, 0.05) is 46.0 Å². The van der Waals surface area contributed by atoms with Crippen LogP contribution >= 0.6 is 0 Å². The first-order valence-electron chi connectivity index (χ1n) is 9.54. The summed E-state index contributed by atoms with van der Waals surface area (Å²) in [6.45, 7) is 2.04. The van der Waals surface area contributed by atoms with Gasteiger partial charge in [0.15, 0.2) is 0 Å². The molecular formula is C19H27N5O4S. The molecular weight excluding hydrogens is 394 g/mol. The molecule has 1 aromatic carbocycles. The van der Waals surface area contributed by atoms with Gasteiger partial charge in [-0.15, -0.1) is 0 Å². The number of hydrogen-bond acceptors (Lipinski definition) is 5. The van der Waals surface area contributed by atoms with Crippen molar-refractivity contribution in [3.8, 4) is 5.75 Å². The van der Waals surface area contributed by atoms with E-state index in [1.165, 1.54) is 21.4 Å². The van der Waals surface area contributed by atoms with Crippen molar-refractivity contribution in [3.63, 3.8) is 0 Å². The lowest BCUT2D eigenvalue weighted by atomic mass is 10.1. The van der Waals surface area contributed by atoms with Gasteiger partial charge >= 0.3 is 6.03 Å². The second kappa shape index (κ2) is 9.27. The molecule has 3 rings (SSSR count). The molecule has 1 fully saturated rings. The summed E-state index contributed by atoms with van der Waals surface area (Å²) in [5.74, 6) is 0.799. The molecule has 0 radical (unpaired) electrons. The van der Waals surface area contributed by atoms with E-state index in [4.69, 9.17) is 4.74 Å². The summed E-state index contributed by atoms with van der Waals surface area (Å²) in [5, 5.41) is 6.86. The van der Waals surface area contributed by atoms with Gasteiger partial charge in [0.2, 0.25) is 10.0 Å². The quantitative estimate of drug-likeness (QED) is 0.753. The molecule has 0 atom stereocenters. The van der Waals surface area contributed by atoms with E-state index in [1.807, 2.05) is 24.3 Å². The molecule has 29 heavy (non-hydrogen) atoms. The van der Waals surface area contributed by atoms with Gasteiger partial charge in [0.25, 0.3) is 0 Å². The predicted octanol–water partition coefficient (Wildman–Crippen LogP) is 1.08. The second-order valence-electron chi connectivity index (χ2n) is 6.92. The average Bonchev–Trinajstić information content (AvgIpc) is 3.00. The minimum absolute atomic E-state index is 0.167. The summed E-state index contributed by atoms with van der Waals surface area (Å²) in [5.41, 5.74) is 1.11. The smallest absolute Gasteiger partial charge is 0.317 e. The lowest BCUT2D eigenvalue weighted by Crippen LogP contribution is -2.43. The van der Waals surface area contributed by atoms with E-state index in [1.54, 1.807) is 19.1 Å². The van der Waals surface area contributed by atoms with Crippen LogP contribution in [0.5, 0.6) is 5.75 Å². The van der Waals surface area contributed by atoms with Gasteiger partial charge in [-0.3, -0.25) is 4.68 Å². The molecule has 1 aliphatic heterocycles. The number of rotatable bonds is 6. The number of amides is 2. The molecule has 0 spiro atoms.